The Morgan fingerprint density at radius 1 is 1.57 bits per heavy atom. The van der Waals surface area contributed by atoms with Crippen LogP contribution in [0.5, 0.6) is 0 Å². The maximum Gasteiger partial charge on any atom is 0.0544 e. The fraction of sp³-hybridized carbons (Fsp3) is 1.00. The van der Waals surface area contributed by atoms with E-state index in [1.807, 2.05) is 13.8 Å². The Hall–Kier alpha value is 0.690. The summed E-state index contributed by atoms with van der Waals surface area (Å²) in [4.78, 5) is 0. The first-order valence-electron chi connectivity index (χ1n) is 2.42. The highest BCUT2D eigenvalue weighted by atomic mass is 127. The Morgan fingerprint density at radius 2 is 2.00 bits per heavy atom. The van der Waals surface area contributed by atoms with Crippen LogP contribution in [0.15, 0.2) is 0 Å². The quantitative estimate of drug-likeness (QED) is 0.544. The summed E-state index contributed by atoms with van der Waals surface area (Å²) in [6, 6.07) is 0. The van der Waals surface area contributed by atoms with Gasteiger partial charge in [0.25, 0.3) is 0 Å². The third kappa shape index (κ3) is 3.29. The van der Waals surface area contributed by atoms with E-state index < -0.39 is 0 Å². The van der Waals surface area contributed by atoms with Crippen LogP contribution in [0.4, 0.5) is 0 Å². The van der Waals surface area contributed by atoms with Crippen molar-refractivity contribution in [1.29, 1.82) is 0 Å². The number of aliphatic hydroxyl groups excluding tert-OH is 1. The number of alkyl halides is 1. The number of hydrogen-bond donors (Lipinski definition) is 1. The predicted molar refractivity (Wildman–Crippen MR) is 39.7 cm³/mol. The fourth-order valence-electron chi connectivity index (χ4n) is 0.129. The number of rotatable bonds is 2. The number of hydrogen-bond acceptors (Lipinski definition) is 1. The average Bonchev–Trinajstić information content (AvgIpc) is 1.65. The summed E-state index contributed by atoms with van der Waals surface area (Å²) in [6.45, 7) is 3.86. The van der Waals surface area contributed by atoms with Crippen molar-refractivity contribution in [3.05, 3.63) is 0 Å². The standard InChI is InChI=1S/C5H11IO/c1-4(3-6)5(2)7/h4-5,7H,3H2,1-2H3/t4-,5+/m1/s1. The van der Waals surface area contributed by atoms with E-state index in [1.54, 1.807) is 0 Å². The maximum absolute atomic E-state index is 8.82. The molecule has 0 heterocycles. The van der Waals surface area contributed by atoms with E-state index >= 15 is 0 Å². The molecule has 0 rings (SSSR count). The van der Waals surface area contributed by atoms with Gasteiger partial charge in [0, 0.05) is 4.43 Å². The van der Waals surface area contributed by atoms with Crippen LogP contribution in [0, 0.1) is 5.92 Å². The molecule has 0 bridgehead atoms. The molecular weight excluding hydrogens is 203 g/mol. The van der Waals surface area contributed by atoms with Crippen LogP contribution in [-0.4, -0.2) is 15.6 Å². The lowest BCUT2D eigenvalue weighted by molar-refractivity contribution is 0.148. The largest absolute Gasteiger partial charge is 0.393 e. The topological polar surface area (TPSA) is 20.2 Å². The second kappa shape index (κ2) is 3.66. The second-order valence-corrected chi connectivity index (χ2v) is 2.75. The SMILES string of the molecule is C[C@H](O)[C@H](C)CI. The van der Waals surface area contributed by atoms with Crippen LogP contribution in [0.1, 0.15) is 13.8 Å². The van der Waals surface area contributed by atoms with Crippen LogP contribution in [0.25, 0.3) is 0 Å². The van der Waals surface area contributed by atoms with Crippen molar-refractivity contribution in [2.45, 2.75) is 20.0 Å². The van der Waals surface area contributed by atoms with Gasteiger partial charge in [-0.2, -0.15) is 0 Å². The molecule has 0 saturated heterocycles. The first kappa shape index (κ1) is 7.69. The zero-order chi connectivity index (χ0) is 5.86. The number of halogens is 1. The smallest absolute Gasteiger partial charge is 0.0544 e. The molecule has 0 aromatic rings. The van der Waals surface area contributed by atoms with Crippen molar-refractivity contribution in [2.75, 3.05) is 4.43 Å². The third-order valence-corrected chi connectivity index (χ3v) is 2.46. The zero-order valence-corrected chi connectivity index (χ0v) is 6.84. The van der Waals surface area contributed by atoms with Gasteiger partial charge in [-0.05, 0) is 12.8 Å². The molecule has 0 aromatic carbocycles. The lowest BCUT2D eigenvalue weighted by Crippen LogP contribution is -2.13. The Bertz CT molecular complexity index is 45.3. The summed E-state index contributed by atoms with van der Waals surface area (Å²) in [5, 5.41) is 8.82. The highest BCUT2D eigenvalue weighted by Crippen LogP contribution is 2.04. The van der Waals surface area contributed by atoms with Gasteiger partial charge in [0.1, 0.15) is 0 Å². The van der Waals surface area contributed by atoms with E-state index in [0.29, 0.717) is 5.92 Å². The summed E-state index contributed by atoms with van der Waals surface area (Å²) < 4.78 is 1.04. The van der Waals surface area contributed by atoms with Crippen LogP contribution >= 0.6 is 22.6 Å². The summed E-state index contributed by atoms with van der Waals surface area (Å²) in [7, 11) is 0. The van der Waals surface area contributed by atoms with E-state index in [1.165, 1.54) is 0 Å². The number of aliphatic hydroxyl groups is 1. The van der Waals surface area contributed by atoms with Crippen molar-refractivity contribution in [2.24, 2.45) is 5.92 Å². The molecule has 2 heteroatoms. The molecule has 0 aliphatic carbocycles. The highest BCUT2D eigenvalue weighted by Gasteiger charge is 2.04. The molecule has 0 aliphatic rings. The van der Waals surface area contributed by atoms with E-state index in [-0.39, 0.29) is 6.10 Å². The van der Waals surface area contributed by atoms with E-state index in [9.17, 15) is 0 Å². The van der Waals surface area contributed by atoms with Gasteiger partial charge in [-0.15, -0.1) is 0 Å². The van der Waals surface area contributed by atoms with E-state index in [2.05, 4.69) is 22.6 Å². The Balaban J connectivity index is 3.14. The first-order chi connectivity index (χ1) is 3.18. The fourth-order valence-corrected chi connectivity index (χ4v) is 0.865. The molecule has 0 spiro atoms. The lowest BCUT2D eigenvalue weighted by atomic mass is 10.1. The van der Waals surface area contributed by atoms with Crippen LogP contribution in [0.3, 0.4) is 0 Å². The van der Waals surface area contributed by atoms with Gasteiger partial charge in [-0.3, -0.25) is 0 Å². The van der Waals surface area contributed by atoms with Crippen molar-refractivity contribution < 1.29 is 5.11 Å². The first-order valence-corrected chi connectivity index (χ1v) is 3.95. The van der Waals surface area contributed by atoms with Gasteiger partial charge in [0.15, 0.2) is 0 Å². The molecule has 0 amide bonds. The van der Waals surface area contributed by atoms with Crippen molar-refractivity contribution in [3.63, 3.8) is 0 Å². The predicted octanol–water partition coefficient (Wildman–Crippen LogP) is 1.44. The Kier molecular flexibility index (Phi) is 4.02. The Labute approximate surface area is 58.3 Å². The lowest BCUT2D eigenvalue weighted by Gasteiger charge is -2.08. The van der Waals surface area contributed by atoms with Gasteiger partial charge in [-0.1, -0.05) is 29.5 Å². The van der Waals surface area contributed by atoms with Gasteiger partial charge < -0.3 is 5.11 Å². The minimum atomic E-state index is -0.142. The monoisotopic (exact) mass is 214 g/mol. The summed E-state index contributed by atoms with van der Waals surface area (Å²) in [5.41, 5.74) is 0. The average molecular weight is 214 g/mol. The minimum absolute atomic E-state index is 0.142. The van der Waals surface area contributed by atoms with Gasteiger partial charge >= 0.3 is 0 Å². The van der Waals surface area contributed by atoms with Gasteiger partial charge in [-0.25, -0.2) is 0 Å². The second-order valence-electron chi connectivity index (χ2n) is 1.87. The molecule has 0 fully saturated rings. The Morgan fingerprint density at radius 3 is 2.00 bits per heavy atom. The molecular formula is C5H11IO. The van der Waals surface area contributed by atoms with Crippen molar-refractivity contribution in [3.8, 4) is 0 Å². The molecule has 0 unspecified atom stereocenters. The normalized spacial score (nSPS) is 18.9. The van der Waals surface area contributed by atoms with Gasteiger partial charge in [0.05, 0.1) is 6.10 Å². The molecule has 0 aromatic heterocycles. The van der Waals surface area contributed by atoms with Crippen molar-refractivity contribution >= 4 is 22.6 Å². The van der Waals surface area contributed by atoms with E-state index in [0.717, 1.165) is 4.43 Å². The van der Waals surface area contributed by atoms with Gasteiger partial charge in [0.2, 0.25) is 0 Å². The summed E-state index contributed by atoms with van der Waals surface area (Å²) >= 11 is 2.27. The highest BCUT2D eigenvalue weighted by molar-refractivity contribution is 14.1. The summed E-state index contributed by atoms with van der Waals surface area (Å²) in [6.07, 6.45) is -0.142. The van der Waals surface area contributed by atoms with Crippen molar-refractivity contribution in [1.82, 2.24) is 0 Å². The molecule has 7 heavy (non-hydrogen) atoms. The molecule has 0 saturated carbocycles. The van der Waals surface area contributed by atoms with Crippen LogP contribution in [0.2, 0.25) is 0 Å². The van der Waals surface area contributed by atoms with E-state index in [4.69, 9.17) is 5.11 Å². The maximum atomic E-state index is 8.82. The third-order valence-electron chi connectivity index (χ3n) is 1.07. The molecule has 1 nitrogen and oxygen atoms in total. The molecule has 44 valence electrons. The minimum Gasteiger partial charge on any atom is -0.393 e. The molecule has 1 N–H and O–H groups in total. The molecule has 2 atom stereocenters. The van der Waals surface area contributed by atoms with Crippen LogP contribution in [-0.2, 0) is 0 Å². The summed E-state index contributed by atoms with van der Waals surface area (Å²) in [5.74, 6) is 0.445. The zero-order valence-electron chi connectivity index (χ0n) is 4.69. The molecule has 0 radical (unpaired) electrons. The molecule has 0 aliphatic heterocycles. The van der Waals surface area contributed by atoms with Crippen LogP contribution < -0.4 is 0 Å².